The zero-order valence-electron chi connectivity index (χ0n) is 21.5. The summed E-state index contributed by atoms with van der Waals surface area (Å²) in [5.41, 5.74) is -0.145. The zero-order valence-corrected chi connectivity index (χ0v) is 21.5. The highest BCUT2D eigenvalue weighted by atomic mass is 16.3. The number of aromatic amines is 1. The number of rotatable bonds is 12. The fraction of sp³-hybridized carbons (Fsp3) is 0.462. The molecule has 0 spiro atoms. The fourth-order valence-corrected chi connectivity index (χ4v) is 4.16. The Morgan fingerprint density at radius 1 is 0.944 bits per heavy atom. The number of H-pyrrole nitrogens is 1. The number of nitrogens with zero attached hydrogens (tertiary/aromatic N) is 3. The molecule has 10 nitrogen and oxygen atoms in total. The topological polar surface area (TPSA) is 131 Å². The summed E-state index contributed by atoms with van der Waals surface area (Å²) < 4.78 is 0. The Kier molecular flexibility index (Phi) is 9.38. The lowest BCUT2D eigenvalue weighted by Gasteiger charge is -2.18. The molecular formula is C26H36N6O4. The van der Waals surface area contributed by atoms with Crippen molar-refractivity contribution in [1.82, 2.24) is 30.4 Å². The van der Waals surface area contributed by atoms with Crippen LogP contribution in [0.15, 0.2) is 27.8 Å². The predicted octanol–water partition coefficient (Wildman–Crippen LogP) is 0.602. The fourth-order valence-electron chi connectivity index (χ4n) is 4.16. The lowest BCUT2D eigenvalue weighted by Crippen LogP contribution is -2.35. The van der Waals surface area contributed by atoms with Gasteiger partial charge in [-0.1, -0.05) is 27.7 Å². The summed E-state index contributed by atoms with van der Waals surface area (Å²) in [7, 11) is 0. The van der Waals surface area contributed by atoms with Crippen LogP contribution < -0.4 is 26.7 Å². The van der Waals surface area contributed by atoms with Gasteiger partial charge in [0.25, 0.3) is 5.91 Å². The predicted molar refractivity (Wildman–Crippen MR) is 143 cm³/mol. The van der Waals surface area contributed by atoms with Gasteiger partial charge in [-0.2, -0.15) is 0 Å². The normalized spacial score (nSPS) is 12.2. The number of amides is 1. The van der Waals surface area contributed by atoms with Crippen LogP contribution in [0.5, 0.6) is 5.75 Å². The molecule has 0 saturated heterocycles. The number of benzene rings is 2. The Bertz CT molecular complexity index is 1380. The van der Waals surface area contributed by atoms with E-state index in [1.165, 1.54) is 12.1 Å². The molecule has 0 bridgehead atoms. The zero-order chi connectivity index (χ0) is 26.2. The molecule has 0 saturated carbocycles. The minimum Gasteiger partial charge on any atom is -0.507 e. The molecule has 0 aliphatic rings. The first kappa shape index (κ1) is 27.1. The Morgan fingerprint density at radius 3 is 2.22 bits per heavy atom. The second-order valence-corrected chi connectivity index (χ2v) is 8.51. The van der Waals surface area contributed by atoms with Crippen molar-refractivity contribution in [2.24, 2.45) is 0 Å². The van der Waals surface area contributed by atoms with Gasteiger partial charge in [0.1, 0.15) is 22.3 Å². The number of phenolic OH excluding ortho intramolecular Hbond substituents is 1. The van der Waals surface area contributed by atoms with E-state index < -0.39 is 5.43 Å². The third kappa shape index (κ3) is 6.00. The maximum atomic E-state index is 12.9. The molecule has 0 radical (unpaired) electrons. The average molecular weight is 497 g/mol. The molecule has 1 amide bonds. The van der Waals surface area contributed by atoms with E-state index in [4.69, 9.17) is 0 Å². The highest BCUT2D eigenvalue weighted by molar-refractivity contribution is 6.06. The molecule has 2 aromatic carbocycles. The van der Waals surface area contributed by atoms with Crippen LogP contribution in [0.4, 0.5) is 0 Å². The third-order valence-electron chi connectivity index (χ3n) is 6.46. The van der Waals surface area contributed by atoms with Crippen LogP contribution in [0.25, 0.3) is 28.3 Å². The van der Waals surface area contributed by atoms with Crippen LogP contribution in [0, 0.1) is 0 Å². The van der Waals surface area contributed by atoms with Crippen LogP contribution in [-0.2, 0) is 0 Å². The second-order valence-electron chi connectivity index (χ2n) is 8.51. The van der Waals surface area contributed by atoms with Crippen LogP contribution in [0.3, 0.4) is 0 Å². The Labute approximate surface area is 210 Å². The third-order valence-corrected chi connectivity index (χ3v) is 6.46. The number of likely N-dealkylation sites (N-methyl/N-ethyl adjacent to an activating group) is 2. The Balaban J connectivity index is 2.02. The van der Waals surface area contributed by atoms with Crippen molar-refractivity contribution in [3.63, 3.8) is 0 Å². The standard InChI is InChI=1S/C26H36N6O4/c1-5-31(6-2)13-11-27-16-18-20(34)15-21(35)25-23(18)30-24-19(33)10-9-17(22(24)29-25)26(36)28-12-14-32(7-3)8-4/h9-10,15-16,27,29,34H,5-8,11-14H2,1-4H3,(H,28,36). The van der Waals surface area contributed by atoms with E-state index in [0.29, 0.717) is 24.9 Å². The highest BCUT2D eigenvalue weighted by Gasteiger charge is 2.17. The first-order valence-corrected chi connectivity index (χ1v) is 12.5. The Hall–Kier alpha value is -3.50. The van der Waals surface area contributed by atoms with Crippen LogP contribution in [0.1, 0.15) is 38.1 Å². The summed E-state index contributed by atoms with van der Waals surface area (Å²) in [6.07, 6.45) is 1.60. The number of aromatic hydroxyl groups is 1. The van der Waals surface area contributed by atoms with Gasteiger partial charge >= 0.3 is 0 Å². The van der Waals surface area contributed by atoms with Gasteiger partial charge in [-0.15, -0.1) is 0 Å². The molecule has 0 aliphatic carbocycles. The minimum absolute atomic E-state index is 0.0293. The molecule has 10 heteroatoms. The number of aromatic nitrogens is 2. The molecule has 0 aliphatic heterocycles. The van der Waals surface area contributed by atoms with E-state index in [2.05, 4.69) is 58.1 Å². The largest absolute Gasteiger partial charge is 0.507 e. The molecular weight excluding hydrogens is 460 g/mol. The van der Waals surface area contributed by atoms with Gasteiger partial charge < -0.3 is 30.5 Å². The summed E-state index contributed by atoms with van der Waals surface area (Å²) in [5, 5.41) is 16.8. The number of fused-ring (bicyclic) bond motifs is 2. The number of hydrogen-bond donors (Lipinski definition) is 4. The summed E-state index contributed by atoms with van der Waals surface area (Å²) in [4.78, 5) is 50.2. The first-order chi connectivity index (χ1) is 17.3. The van der Waals surface area contributed by atoms with Gasteiger partial charge in [-0.3, -0.25) is 14.4 Å². The number of nitrogens with one attached hydrogen (secondary N) is 3. The van der Waals surface area contributed by atoms with Crippen molar-refractivity contribution in [3.8, 4) is 5.75 Å². The number of carbonyl (C=O) groups excluding carboxylic acids is 1. The van der Waals surface area contributed by atoms with E-state index in [-0.39, 0.29) is 44.7 Å². The van der Waals surface area contributed by atoms with Crippen molar-refractivity contribution in [1.29, 1.82) is 0 Å². The smallest absolute Gasteiger partial charge is 0.253 e. The van der Waals surface area contributed by atoms with Gasteiger partial charge in [0.2, 0.25) is 10.9 Å². The minimum atomic E-state index is -0.485. The molecule has 0 fully saturated rings. The summed E-state index contributed by atoms with van der Waals surface area (Å²) in [6, 6.07) is 3.84. The first-order valence-electron chi connectivity index (χ1n) is 12.5. The Morgan fingerprint density at radius 2 is 1.58 bits per heavy atom. The number of hydrogen-bond acceptors (Lipinski definition) is 8. The average Bonchev–Trinajstić information content (AvgIpc) is 2.88. The van der Waals surface area contributed by atoms with E-state index in [0.717, 1.165) is 38.8 Å². The SMILES string of the molecule is CCN(CC)CCNC=c1c(O)cc(=O)c2[nH]c3c(C(=O)NCCN(CC)CC)ccc(=O)c3nc12. The maximum absolute atomic E-state index is 12.9. The molecule has 1 aromatic heterocycles. The summed E-state index contributed by atoms with van der Waals surface area (Å²) >= 11 is 0. The monoisotopic (exact) mass is 496 g/mol. The lowest BCUT2D eigenvalue weighted by molar-refractivity contribution is 0.0950. The van der Waals surface area contributed by atoms with Crippen molar-refractivity contribution in [3.05, 3.63) is 49.4 Å². The number of phenols is 1. The quantitative estimate of drug-likeness (QED) is 0.212. The van der Waals surface area contributed by atoms with Gasteiger partial charge in [0, 0.05) is 38.4 Å². The summed E-state index contributed by atoms with van der Waals surface area (Å²) in [5.74, 6) is -0.596. The van der Waals surface area contributed by atoms with Gasteiger partial charge in [-0.05, 0) is 38.3 Å². The van der Waals surface area contributed by atoms with Crippen molar-refractivity contribution >= 4 is 34.2 Å². The van der Waals surface area contributed by atoms with E-state index in [1.807, 2.05) is 0 Å². The van der Waals surface area contributed by atoms with E-state index in [1.54, 1.807) is 6.20 Å². The van der Waals surface area contributed by atoms with Crippen LogP contribution in [0.2, 0.25) is 0 Å². The van der Waals surface area contributed by atoms with Crippen molar-refractivity contribution in [2.45, 2.75) is 27.7 Å². The van der Waals surface area contributed by atoms with Crippen LogP contribution >= 0.6 is 0 Å². The molecule has 36 heavy (non-hydrogen) atoms. The van der Waals surface area contributed by atoms with Crippen molar-refractivity contribution in [2.75, 3.05) is 52.4 Å². The van der Waals surface area contributed by atoms with Crippen molar-refractivity contribution < 1.29 is 9.90 Å². The van der Waals surface area contributed by atoms with Crippen LogP contribution in [-0.4, -0.2) is 83.1 Å². The van der Waals surface area contributed by atoms with Gasteiger partial charge in [0.15, 0.2) is 0 Å². The molecule has 3 aromatic rings. The second kappa shape index (κ2) is 12.5. The lowest BCUT2D eigenvalue weighted by atomic mass is 10.1. The molecule has 3 rings (SSSR count). The molecule has 1 heterocycles. The van der Waals surface area contributed by atoms with Gasteiger partial charge in [0.05, 0.1) is 16.3 Å². The van der Waals surface area contributed by atoms with E-state index in [9.17, 15) is 19.5 Å². The summed E-state index contributed by atoms with van der Waals surface area (Å²) in [6.45, 7) is 14.5. The molecule has 194 valence electrons. The molecule has 4 N–H and O–H groups in total. The molecule has 0 unspecified atom stereocenters. The van der Waals surface area contributed by atoms with E-state index >= 15 is 0 Å². The number of carbonyl (C=O) groups is 1. The molecule has 0 atom stereocenters. The maximum Gasteiger partial charge on any atom is 0.253 e. The van der Waals surface area contributed by atoms with Gasteiger partial charge in [-0.25, -0.2) is 4.98 Å². The highest BCUT2D eigenvalue weighted by Crippen LogP contribution is 2.15.